The third-order valence-corrected chi connectivity index (χ3v) is 5.29. The molecule has 5 rings (SSSR count). The first kappa shape index (κ1) is 17.1. The summed E-state index contributed by atoms with van der Waals surface area (Å²) in [4.78, 5) is 14.9. The minimum atomic E-state index is -0.147. The van der Waals surface area contributed by atoms with E-state index in [0.29, 0.717) is 34.7 Å². The molecule has 1 amide bonds. The molecule has 1 saturated heterocycles. The Morgan fingerprint density at radius 3 is 3.00 bits per heavy atom. The summed E-state index contributed by atoms with van der Waals surface area (Å²) < 4.78 is 12.5. The van der Waals surface area contributed by atoms with E-state index >= 15 is 0 Å². The zero-order chi connectivity index (χ0) is 19.1. The van der Waals surface area contributed by atoms with E-state index in [2.05, 4.69) is 20.4 Å². The van der Waals surface area contributed by atoms with Gasteiger partial charge in [-0.1, -0.05) is 11.6 Å². The summed E-state index contributed by atoms with van der Waals surface area (Å²) in [5.41, 5.74) is 1.43. The van der Waals surface area contributed by atoms with Gasteiger partial charge in [-0.3, -0.25) is 9.20 Å². The number of anilines is 2. The van der Waals surface area contributed by atoms with Crippen molar-refractivity contribution in [3.05, 3.63) is 41.6 Å². The second kappa shape index (κ2) is 6.87. The summed E-state index contributed by atoms with van der Waals surface area (Å²) in [6, 6.07) is 9.02. The number of fused-ring (bicyclic) bond motifs is 2. The minimum Gasteiger partial charge on any atom is -0.454 e. The van der Waals surface area contributed by atoms with Gasteiger partial charge in [0.1, 0.15) is 0 Å². The lowest BCUT2D eigenvalue weighted by molar-refractivity contribution is -0.120. The van der Waals surface area contributed by atoms with Crippen LogP contribution in [0, 0.1) is 5.92 Å². The Morgan fingerprint density at radius 2 is 2.07 bits per heavy atom. The average Bonchev–Trinajstić information content (AvgIpc) is 3.34. The van der Waals surface area contributed by atoms with Gasteiger partial charge in [-0.05, 0) is 37.1 Å². The van der Waals surface area contributed by atoms with Gasteiger partial charge in [-0.2, -0.15) is 0 Å². The molecule has 4 heterocycles. The summed E-state index contributed by atoms with van der Waals surface area (Å²) >= 11 is 6.12. The number of carbonyl (C=O) groups is 1. The predicted molar refractivity (Wildman–Crippen MR) is 104 cm³/mol. The molecule has 1 fully saturated rings. The molecule has 0 radical (unpaired) electrons. The highest BCUT2D eigenvalue weighted by Gasteiger charge is 2.28. The average molecular weight is 400 g/mol. The summed E-state index contributed by atoms with van der Waals surface area (Å²) in [6.45, 7) is 1.60. The number of nitrogens with one attached hydrogen (secondary N) is 1. The molecule has 1 aromatic carbocycles. The quantitative estimate of drug-likeness (QED) is 0.729. The zero-order valence-electron chi connectivity index (χ0n) is 15.0. The predicted octanol–water partition coefficient (Wildman–Crippen LogP) is 2.97. The molecule has 8 nitrogen and oxygen atoms in total. The van der Waals surface area contributed by atoms with Gasteiger partial charge >= 0.3 is 0 Å². The third-order valence-electron chi connectivity index (χ3n) is 5.06. The molecule has 3 aromatic rings. The molecule has 144 valence electrons. The molecule has 1 atom stereocenters. The van der Waals surface area contributed by atoms with Crippen molar-refractivity contribution < 1.29 is 14.3 Å². The number of carbonyl (C=O) groups excluding carboxylic acids is 1. The van der Waals surface area contributed by atoms with Gasteiger partial charge < -0.3 is 19.7 Å². The number of hydrogen-bond donors (Lipinski definition) is 1. The Bertz CT molecular complexity index is 1050. The van der Waals surface area contributed by atoms with E-state index in [-0.39, 0.29) is 18.6 Å². The highest BCUT2D eigenvalue weighted by molar-refractivity contribution is 6.30. The Labute approximate surface area is 166 Å². The van der Waals surface area contributed by atoms with Gasteiger partial charge in [-0.15, -0.1) is 10.2 Å². The number of amides is 1. The van der Waals surface area contributed by atoms with Crippen LogP contribution in [0.1, 0.15) is 12.8 Å². The van der Waals surface area contributed by atoms with Gasteiger partial charge in [0.2, 0.25) is 18.6 Å². The lowest BCUT2D eigenvalue weighted by Crippen LogP contribution is -2.41. The lowest BCUT2D eigenvalue weighted by Gasteiger charge is -2.32. The zero-order valence-corrected chi connectivity index (χ0v) is 15.7. The monoisotopic (exact) mass is 399 g/mol. The van der Waals surface area contributed by atoms with E-state index in [1.54, 1.807) is 24.4 Å². The molecule has 2 aromatic heterocycles. The fraction of sp³-hybridized carbons (Fsp3) is 0.316. The highest BCUT2D eigenvalue weighted by atomic mass is 35.5. The van der Waals surface area contributed by atoms with E-state index in [1.165, 1.54) is 0 Å². The Hall–Kier alpha value is -3.00. The second-order valence-electron chi connectivity index (χ2n) is 6.92. The number of aromatic nitrogens is 3. The van der Waals surface area contributed by atoms with Crippen molar-refractivity contribution in [2.75, 3.05) is 30.1 Å². The fourth-order valence-electron chi connectivity index (χ4n) is 3.66. The molecule has 2 aliphatic heterocycles. The summed E-state index contributed by atoms with van der Waals surface area (Å²) in [7, 11) is 0. The lowest BCUT2D eigenvalue weighted by atomic mass is 9.97. The highest BCUT2D eigenvalue weighted by Crippen LogP contribution is 2.34. The molecular weight excluding hydrogens is 382 g/mol. The fourth-order valence-corrected chi connectivity index (χ4v) is 3.82. The maximum Gasteiger partial charge on any atom is 0.231 e. The maximum atomic E-state index is 12.8. The van der Waals surface area contributed by atoms with E-state index < -0.39 is 0 Å². The third kappa shape index (κ3) is 3.09. The summed E-state index contributed by atoms with van der Waals surface area (Å²) in [5, 5.41) is 12.1. The van der Waals surface area contributed by atoms with Crippen molar-refractivity contribution in [2.45, 2.75) is 12.8 Å². The Morgan fingerprint density at radius 1 is 1.18 bits per heavy atom. The van der Waals surface area contributed by atoms with Crippen molar-refractivity contribution in [3.63, 3.8) is 0 Å². The Balaban J connectivity index is 1.32. The standard InChI is InChI=1S/C19H18ClN5O3/c20-13-3-6-17-22-23-19(25(17)10-13)24-7-1-2-12(9-24)18(26)21-14-4-5-15-16(8-14)28-11-27-15/h3-6,8,10,12H,1-2,7,9,11H2,(H,21,26)/t12-/m1/s1. The van der Waals surface area contributed by atoms with E-state index in [0.717, 1.165) is 25.0 Å². The summed E-state index contributed by atoms with van der Waals surface area (Å²) in [6.07, 6.45) is 3.52. The largest absolute Gasteiger partial charge is 0.454 e. The number of piperidine rings is 1. The van der Waals surface area contributed by atoms with Gasteiger partial charge in [0.25, 0.3) is 0 Å². The van der Waals surface area contributed by atoms with Crippen molar-refractivity contribution in [2.24, 2.45) is 5.92 Å². The van der Waals surface area contributed by atoms with Crippen molar-refractivity contribution >= 4 is 34.8 Å². The molecule has 0 saturated carbocycles. The van der Waals surface area contributed by atoms with Crippen LogP contribution in [0.2, 0.25) is 5.02 Å². The first-order valence-electron chi connectivity index (χ1n) is 9.13. The van der Waals surface area contributed by atoms with Gasteiger partial charge in [-0.25, -0.2) is 0 Å². The normalized spacial score (nSPS) is 18.5. The molecule has 9 heteroatoms. The SMILES string of the molecule is O=C(Nc1ccc2c(c1)OCO2)[C@@H]1CCCN(c2nnc3ccc(Cl)cn23)C1. The van der Waals surface area contributed by atoms with Crippen LogP contribution in [0.5, 0.6) is 11.5 Å². The van der Waals surface area contributed by atoms with Gasteiger partial charge in [0.15, 0.2) is 17.1 Å². The molecule has 0 bridgehead atoms. The smallest absolute Gasteiger partial charge is 0.231 e. The van der Waals surface area contributed by atoms with Crippen molar-refractivity contribution in [1.82, 2.24) is 14.6 Å². The second-order valence-corrected chi connectivity index (χ2v) is 7.35. The first-order valence-corrected chi connectivity index (χ1v) is 9.51. The number of ether oxygens (including phenoxy) is 2. The minimum absolute atomic E-state index is 0.0181. The molecule has 0 aliphatic carbocycles. The van der Waals surface area contributed by atoms with Crippen molar-refractivity contribution in [3.8, 4) is 11.5 Å². The molecule has 0 unspecified atom stereocenters. The van der Waals surface area contributed by atoms with E-state index in [1.807, 2.05) is 16.5 Å². The van der Waals surface area contributed by atoms with Crippen LogP contribution in [0.15, 0.2) is 36.5 Å². The van der Waals surface area contributed by atoms with Crippen LogP contribution >= 0.6 is 11.6 Å². The van der Waals surface area contributed by atoms with Gasteiger partial charge in [0, 0.05) is 31.0 Å². The van der Waals surface area contributed by atoms with Crippen molar-refractivity contribution in [1.29, 1.82) is 0 Å². The number of hydrogen-bond acceptors (Lipinski definition) is 6. The first-order chi connectivity index (χ1) is 13.7. The van der Waals surface area contributed by atoms with E-state index in [9.17, 15) is 4.79 Å². The van der Waals surface area contributed by atoms with Gasteiger partial charge in [0.05, 0.1) is 10.9 Å². The van der Waals surface area contributed by atoms with Crippen LogP contribution in [0.3, 0.4) is 0 Å². The topological polar surface area (TPSA) is 81.0 Å². The van der Waals surface area contributed by atoms with Crippen LogP contribution in [0.4, 0.5) is 11.6 Å². The molecule has 0 spiro atoms. The van der Waals surface area contributed by atoms with Crippen LogP contribution < -0.4 is 19.7 Å². The van der Waals surface area contributed by atoms with E-state index in [4.69, 9.17) is 21.1 Å². The number of benzene rings is 1. The van der Waals surface area contributed by atoms with Crippen LogP contribution in [-0.2, 0) is 4.79 Å². The maximum absolute atomic E-state index is 12.8. The molecule has 1 N–H and O–H groups in total. The molecule has 28 heavy (non-hydrogen) atoms. The number of pyridine rings is 1. The molecular formula is C19H18ClN5O3. The number of rotatable bonds is 3. The summed E-state index contributed by atoms with van der Waals surface area (Å²) in [5.74, 6) is 1.88. The number of nitrogens with zero attached hydrogens (tertiary/aromatic N) is 4. The molecule has 2 aliphatic rings. The van der Waals surface area contributed by atoms with Crippen LogP contribution in [0.25, 0.3) is 5.65 Å². The van der Waals surface area contributed by atoms with Crippen LogP contribution in [-0.4, -0.2) is 40.4 Å². The Kier molecular flexibility index (Phi) is 4.20. The number of halogens is 1.